The summed E-state index contributed by atoms with van der Waals surface area (Å²) in [5.74, 6) is -13.3. The highest BCUT2D eigenvalue weighted by molar-refractivity contribution is 6.38. The summed E-state index contributed by atoms with van der Waals surface area (Å²) in [5, 5.41) is 45.4. The van der Waals surface area contributed by atoms with Gasteiger partial charge in [-0.3, -0.25) is 67.1 Å². The Hall–Kier alpha value is -9.09. The second-order valence-corrected chi connectivity index (χ2v) is 33.6. The molecule has 0 bridgehead atoms. The van der Waals surface area contributed by atoms with E-state index in [9.17, 15) is 82.1 Å². The predicted molar refractivity (Wildman–Crippen MR) is 472 cm³/mol. The molecule has 0 fully saturated rings. The number of carbonyl (C=O) groups excluding carboxylic acids is 14. The van der Waals surface area contributed by atoms with E-state index in [1.54, 1.807) is 13.8 Å². The Balaban J connectivity index is 0.00000114. The Morgan fingerprint density at radius 2 is 0.828 bits per heavy atom. The summed E-state index contributed by atoms with van der Waals surface area (Å²) in [6.45, 7) is 22.8. The second-order valence-electron chi connectivity index (χ2n) is 33.6. The molecule has 5 unspecified atom stereocenters. The van der Waals surface area contributed by atoms with Crippen LogP contribution in [0.15, 0.2) is 91.0 Å². The maximum absolute atomic E-state index is 14.1. The zero-order chi connectivity index (χ0) is 92.1. The van der Waals surface area contributed by atoms with Crippen molar-refractivity contribution in [2.24, 2.45) is 46.8 Å². The molecule has 13 atom stereocenters. The summed E-state index contributed by atoms with van der Waals surface area (Å²) in [7, 11) is 1.45. The molecule has 3 aromatic carbocycles. The number of aliphatic carboxylic acids is 1. The smallest absolute Gasteiger partial charge is 0.326 e. The van der Waals surface area contributed by atoms with Crippen LogP contribution in [-0.2, 0) is 82.2 Å². The van der Waals surface area contributed by atoms with Gasteiger partial charge >= 0.3 is 5.97 Å². The minimum atomic E-state index is -1.62. The van der Waals surface area contributed by atoms with E-state index in [2.05, 4.69) is 52.7 Å². The van der Waals surface area contributed by atoms with Crippen molar-refractivity contribution in [3.63, 3.8) is 0 Å². The normalized spacial score (nSPS) is 14.5. The highest BCUT2D eigenvalue weighted by atomic mass is 16.5. The highest BCUT2D eigenvalue weighted by Gasteiger charge is 2.41. The van der Waals surface area contributed by atoms with Crippen LogP contribution in [0.2, 0.25) is 0 Å². The van der Waals surface area contributed by atoms with Crippen molar-refractivity contribution >= 4 is 87.8 Å². The van der Waals surface area contributed by atoms with Crippen LogP contribution < -0.4 is 49.1 Å². The number of aliphatic hydroxyl groups excluding tert-OH is 2. The highest BCUT2D eigenvalue weighted by Crippen LogP contribution is 2.37. The van der Waals surface area contributed by atoms with Crippen LogP contribution in [0, 0.1) is 29.6 Å². The van der Waals surface area contributed by atoms with E-state index in [1.165, 1.54) is 73.8 Å². The number of carboxylic acid groups (broad SMARTS) is 1. The Morgan fingerprint density at radius 1 is 0.443 bits per heavy atom. The minimum absolute atomic E-state index is 0.0118. The fourth-order valence-corrected chi connectivity index (χ4v) is 14.2. The monoisotopic (exact) mass is 1710 g/mol. The summed E-state index contributed by atoms with van der Waals surface area (Å²) in [6.07, 6.45) is 15.2. The lowest BCUT2D eigenvalue weighted by Gasteiger charge is -2.37. The molecule has 0 aliphatic carbocycles. The first-order valence-corrected chi connectivity index (χ1v) is 44.3. The molecule has 122 heavy (non-hydrogen) atoms. The molecule has 28 nitrogen and oxygen atoms in total. The summed E-state index contributed by atoms with van der Waals surface area (Å²) < 4.78 is 6.17. The van der Waals surface area contributed by atoms with Gasteiger partial charge in [-0.2, -0.15) is 0 Å². The number of hydrogen-bond donors (Lipinski definition) is 12. The number of benzene rings is 3. The molecule has 0 aliphatic rings. The lowest BCUT2D eigenvalue weighted by Crippen LogP contribution is -2.53. The zero-order valence-electron chi connectivity index (χ0n) is 75.4. The Morgan fingerprint density at radius 3 is 1.20 bits per heavy atom. The van der Waals surface area contributed by atoms with Gasteiger partial charge in [0.05, 0.1) is 36.7 Å². The molecule has 684 valence electrons. The SMILES string of the molecule is CCCCCCCCCC(=O)C[C@@H](CCCCC)C(=O)N[C@H](C(=O)C[C@@H](C)C(=O)N[C@@H](CC(=O)NC(c1ccccc1)(c1ccccc1)c1ccccc1)C(=O)O)C(C)OC(C)(C)C.CCCCCCCCCC(=O)C[C@@H](CCCCN)C(=O)N[C@H](C(=O)C[C@@H](C)C(=O)N[C@@H](CC(N)=O)C(=O)CC(C)C(=O)C(=O)CC)C(C)O.CNC(=O)C(O)C(C)N. The number of carbonyl (C=O) groups is 15. The number of aliphatic hydroxyl groups is 2. The third-order valence-electron chi connectivity index (χ3n) is 21.3. The van der Waals surface area contributed by atoms with Gasteiger partial charge in [0, 0.05) is 94.0 Å². The van der Waals surface area contributed by atoms with Crippen LogP contribution in [0.1, 0.15) is 306 Å². The van der Waals surface area contributed by atoms with Crippen LogP contribution in [0.5, 0.6) is 0 Å². The topological polar surface area (TPSA) is 476 Å². The second kappa shape index (κ2) is 61.3. The first-order chi connectivity index (χ1) is 57.7. The number of amides is 7. The summed E-state index contributed by atoms with van der Waals surface area (Å²) >= 11 is 0. The van der Waals surface area contributed by atoms with Crippen molar-refractivity contribution in [1.29, 1.82) is 0 Å². The molecule has 0 saturated carbocycles. The van der Waals surface area contributed by atoms with Gasteiger partial charge < -0.3 is 69.2 Å². The summed E-state index contributed by atoms with van der Waals surface area (Å²) in [6, 6.07) is 22.1. The van der Waals surface area contributed by atoms with E-state index >= 15 is 0 Å². The van der Waals surface area contributed by atoms with Gasteiger partial charge in [0.1, 0.15) is 41.3 Å². The van der Waals surface area contributed by atoms with Gasteiger partial charge in [0.2, 0.25) is 47.1 Å². The van der Waals surface area contributed by atoms with Gasteiger partial charge in [-0.05, 0) is 96.9 Å². The third kappa shape index (κ3) is 43.8. The van der Waals surface area contributed by atoms with Crippen molar-refractivity contribution in [3.8, 4) is 0 Å². The molecule has 0 aliphatic heterocycles. The lowest BCUT2D eigenvalue weighted by molar-refractivity contribution is -0.144. The quantitative estimate of drug-likeness (QED) is 0.0142. The molecule has 0 aromatic heterocycles. The molecule has 28 heteroatoms. The average molecular weight is 1710 g/mol. The molecular formula is C94H149N9O19. The lowest BCUT2D eigenvalue weighted by atomic mass is 9.77. The van der Waals surface area contributed by atoms with Crippen LogP contribution >= 0.6 is 0 Å². The molecule has 7 amide bonds. The van der Waals surface area contributed by atoms with E-state index in [4.69, 9.17) is 27.0 Å². The van der Waals surface area contributed by atoms with Gasteiger partial charge in [-0.15, -0.1) is 0 Å². The van der Waals surface area contributed by atoms with Gasteiger partial charge in [0.15, 0.2) is 23.1 Å². The van der Waals surface area contributed by atoms with E-state index in [0.29, 0.717) is 45.1 Å². The number of rotatable bonds is 62. The van der Waals surface area contributed by atoms with E-state index in [1.807, 2.05) is 112 Å². The summed E-state index contributed by atoms with van der Waals surface area (Å²) in [4.78, 5) is 193. The molecule has 0 radical (unpaired) electrons. The van der Waals surface area contributed by atoms with Crippen molar-refractivity contribution in [2.45, 2.75) is 349 Å². The maximum Gasteiger partial charge on any atom is 0.326 e. The first-order valence-electron chi connectivity index (χ1n) is 44.3. The largest absolute Gasteiger partial charge is 0.480 e. The van der Waals surface area contributed by atoms with Crippen molar-refractivity contribution in [1.82, 2.24) is 31.9 Å². The van der Waals surface area contributed by atoms with Crippen LogP contribution in [0.25, 0.3) is 0 Å². The third-order valence-corrected chi connectivity index (χ3v) is 21.3. The number of primary amides is 1. The van der Waals surface area contributed by atoms with Crippen molar-refractivity contribution in [3.05, 3.63) is 108 Å². The Labute approximate surface area is 725 Å². The molecular weight excluding hydrogens is 1560 g/mol. The van der Waals surface area contributed by atoms with Gasteiger partial charge in [0.25, 0.3) is 0 Å². The van der Waals surface area contributed by atoms with Crippen LogP contribution in [0.4, 0.5) is 0 Å². The molecule has 3 aromatic rings. The number of carboxylic acids is 1. The maximum atomic E-state index is 14.1. The van der Waals surface area contributed by atoms with Crippen LogP contribution in [-0.4, -0.2) is 171 Å². The molecule has 3 rings (SSSR count). The van der Waals surface area contributed by atoms with E-state index in [0.717, 1.165) is 93.7 Å². The molecule has 15 N–H and O–H groups in total. The molecule has 0 spiro atoms. The predicted octanol–water partition coefficient (Wildman–Crippen LogP) is 10.9. The standard InChI is InChI=1S/C53H75N3O8.C36H62N4O9.C5H12N2O2/c1-8-10-12-13-14-15-26-34-44(57)36-40(27-19-11-9-2)50(61)55-48(39(4)64-52(5,6)7)46(58)35-38(3)49(60)54-45(51(62)63)37-47(59)56-53(41-28-20-16-21-29-41,42-30-22-17-23-31-42)43-32-24-18-25-33-43;1-6-8-9-10-11-12-13-17-27(42)21-26(16-14-15-18-37)36(49)40-33(25(5)41)31(45)20-24(4)35(48)39-28(22-32(38)46)30(44)19-23(3)34(47)29(43)7-2;1-3(6)4(8)5(9)7-2/h16-18,20-25,28-33,38-40,45,48H,8-15,19,26-27,34-37H2,1-7H3,(H,54,60)(H,55,61)(H,56,59)(H,62,63);23-26,28,33,41H,6-22,37H2,1-5H3,(H2,38,46)(H,39,48)(H,40,49);3-4,8H,6H2,1-2H3,(H,7,9)/t38-,39?,40-,45+,48+;23?,24-,25?,26-,28+,33+;/m11./s1. The minimum Gasteiger partial charge on any atom is -0.480 e. The Bertz CT molecular complexity index is 3590. The Kier molecular flexibility index (Phi) is 55.7. The van der Waals surface area contributed by atoms with Gasteiger partial charge in [-0.1, -0.05) is 242 Å². The number of nitrogens with two attached hydrogens (primary N) is 3. The first kappa shape index (κ1) is 111. The number of Topliss-reactive ketones (excluding diaryl/α,β-unsaturated/α-hetero) is 7. The zero-order valence-corrected chi connectivity index (χ0v) is 75.4. The number of ketones is 7. The number of likely N-dealkylation sites (N-methyl/N-ethyl adjacent to an activating group) is 1. The molecule has 0 saturated heterocycles. The van der Waals surface area contributed by atoms with Gasteiger partial charge in [-0.25, -0.2) is 4.79 Å². The van der Waals surface area contributed by atoms with Crippen molar-refractivity contribution in [2.75, 3.05) is 13.6 Å². The van der Waals surface area contributed by atoms with Crippen LogP contribution in [0.3, 0.4) is 0 Å². The van der Waals surface area contributed by atoms with E-state index in [-0.39, 0.29) is 37.2 Å². The van der Waals surface area contributed by atoms with Crippen molar-refractivity contribution < 1.29 is 92.0 Å². The average Bonchev–Trinajstić information content (AvgIpc) is 0.753. The number of hydrogen-bond acceptors (Lipinski definition) is 20. The number of nitrogens with one attached hydrogen (secondary N) is 6. The number of unbranched alkanes of at least 4 members (excludes halogenated alkanes) is 15. The fraction of sp³-hybridized carbons (Fsp3) is 0.649. The van der Waals surface area contributed by atoms with E-state index < -0.39 is 191 Å². The molecule has 0 heterocycles. The summed E-state index contributed by atoms with van der Waals surface area (Å²) in [5.41, 5.74) is 16.5. The number of ether oxygens (including phenoxy) is 1. The fourth-order valence-electron chi connectivity index (χ4n) is 14.2.